The number of nitrogens with one attached hydrogen (secondary N) is 5. The van der Waals surface area contributed by atoms with E-state index in [1.807, 2.05) is 6.07 Å². The number of benzene rings is 1. The second kappa shape index (κ2) is 28.0. The van der Waals surface area contributed by atoms with Gasteiger partial charge in [0.05, 0.1) is 25.3 Å². The summed E-state index contributed by atoms with van der Waals surface area (Å²) < 4.78 is 0. The van der Waals surface area contributed by atoms with E-state index in [9.17, 15) is 58.5 Å². The van der Waals surface area contributed by atoms with E-state index in [0.717, 1.165) is 68.9 Å². The van der Waals surface area contributed by atoms with Gasteiger partial charge in [0.2, 0.25) is 47.3 Å². The number of carbonyl (C=O) groups is 9. The molecule has 7 rings (SSSR count). The molecule has 2 unspecified atom stereocenters. The Morgan fingerprint density at radius 2 is 1.31 bits per heavy atom. The molecule has 8 amide bonds. The predicted molar refractivity (Wildman–Crippen MR) is 284 cm³/mol. The molecule has 5 fully saturated rings. The average molecular weight is 1090 g/mol. The minimum atomic E-state index is -1.55. The summed E-state index contributed by atoms with van der Waals surface area (Å²) in [6.45, 7) is -1.38. The van der Waals surface area contributed by atoms with Crippen molar-refractivity contribution in [1.29, 1.82) is 0 Å². The number of likely N-dealkylation sites (tertiary alicyclic amines) is 2. The molecule has 0 spiro atoms. The highest BCUT2D eigenvalue weighted by Crippen LogP contribution is 2.32. The first-order chi connectivity index (χ1) is 37.4. The van der Waals surface area contributed by atoms with Crippen LogP contribution in [0.5, 0.6) is 0 Å². The number of aliphatic hydroxyl groups excluding tert-OH is 2. The molecule has 0 aromatic heterocycles. The smallest absolute Gasteiger partial charge is 0.326 e. The van der Waals surface area contributed by atoms with Crippen molar-refractivity contribution >= 4 is 59.2 Å². The maximum Gasteiger partial charge on any atom is 0.326 e. The van der Waals surface area contributed by atoms with Crippen LogP contribution < -0.4 is 43.8 Å². The molecule has 9 atom stereocenters. The number of aliphatic imine (C=N–C) groups is 1. The first-order valence-electron chi connectivity index (χ1n) is 28.2. The Hall–Kier alpha value is -6.40. The van der Waals surface area contributed by atoms with Crippen molar-refractivity contribution in [2.75, 3.05) is 32.8 Å². The second-order valence-corrected chi connectivity index (χ2v) is 22.3. The molecule has 24 heteroatoms. The van der Waals surface area contributed by atoms with E-state index in [1.165, 1.54) is 14.7 Å². The monoisotopic (exact) mass is 1090 g/mol. The number of nitrogens with zero attached hydrogens (tertiary/aromatic N) is 4. The predicted octanol–water partition coefficient (Wildman–Crippen LogP) is -1.24. The van der Waals surface area contributed by atoms with Gasteiger partial charge in [-0.3, -0.25) is 43.3 Å². The van der Waals surface area contributed by atoms with Crippen LogP contribution in [-0.4, -0.2) is 176 Å². The Labute approximate surface area is 455 Å². The van der Waals surface area contributed by atoms with Crippen LogP contribution in [0.25, 0.3) is 0 Å². The summed E-state index contributed by atoms with van der Waals surface area (Å²) in [6, 6.07) is -2.00. The number of fused-ring (bicyclic) bond motifs is 1. The zero-order valence-corrected chi connectivity index (χ0v) is 44.7. The Balaban J connectivity index is 0.975. The van der Waals surface area contributed by atoms with Crippen LogP contribution in [0.2, 0.25) is 0 Å². The number of carboxylic acids is 1. The summed E-state index contributed by atoms with van der Waals surface area (Å²) in [6.07, 6.45) is 11.3. The number of nitrogens with two attached hydrogens (primary N) is 3. The summed E-state index contributed by atoms with van der Waals surface area (Å²) in [5.74, 6) is -6.93. The Bertz CT molecular complexity index is 2350. The lowest BCUT2D eigenvalue weighted by Crippen LogP contribution is -2.62. The van der Waals surface area contributed by atoms with E-state index in [-0.39, 0.29) is 69.7 Å². The number of rotatable bonds is 23. The van der Waals surface area contributed by atoms with Gasteiger partial charge in [-0.05, 0) is 86.7 Å². The summed E-state index contributed by atoms with van der Waals surface area (Å²) in [7, 11) is 0. The summed E-state index contributed by atoms with van der Waals surface area (Å²) in [4.78, 5) is 133. The number of aliphatic hydroxyl groups is 2. The van der Waals surface area contributed by atoms with Crippen LogP contribution in [0, 0.1) is 17.8 Å². The van der Waals surface area contributed by atoms with Crippen LogP contribution in [0.1, 0.15) is 133 Å². The quantitative estimate of drug-likeness (QED) is 0.0347. The molecule has 78 heavy (non-hydrogen) atoms. The molecule has 3 aliphatic carbocycles. The molecule has 1 aromatic carbocycles. The first kappa shape index (κ1) is 59.3. The molecule has 6 aliphatic rings. The maximum absolute atomic E-state index is 14.4. The van der Waals surface area contributed by atoms with Crippen molar-refractivity contribution < 1.29 is 58.5 Å². The number of β-amino-alcohol motifs (C(OH)–C–C–N with tert-alkyl or cyclic N) is 1. The van der Waals surface area contributed by atoms with Crippen molar-refractivity contribution in [2.45, 2.75) is 189 Å². The molecule has 0 bridgehead atoms. The van der Waals surface area contributed by atoms with Gasteiger partial charge in [-0.2, -0.15) is 0 Å². The SMILES string of the molecule is NC(N)=NCCC[C@H](NC(=O)[C@@H](N)CC1CCCCC1)C(=O)N1CCC[C@H]1C(=O)N1C[C@H](O)C[C@H]1C(=O)NCC(=O)NC(C(=O)N[C@@H](CO)C(=O)N1Cc2ccccc2C[C@@H]1C(=O)NC(C(=O)O)C1CCCC1)C1CCCC1. The van der Waals surface area contributed by atoms with Gasteiger partial charge in [0.1, 0.15) is 42.3 Å². The van der Waals surface area contributed by atoms with Crippen LogP contribution in [0.3, 0.4) is 0 Å². The highest BCUT2D eigenvalue weighted by atomic mass is 16.4. The number of guanidine groups is 1. The van der Waals surface area contributed by atoms with Gasteiger partial charge in [-0.1, -0.05) is 82.1 Å². The number of carboxylic acid groups (broad SMARTS) is 1. The third-order valence-corrected chi connectivity index (χ3v) is 16.9. The number of hydrogen-bond donors (Lipinski definition) is 11. The van der Waals surface area contributed by atoms with Gasteiger partial charge in [0, 0.05) is 39.0 Å². The molecular weight excluding hydrogens is 1010 g/mol. The third-order valence-electron chi connectivity index (χ3n) is 16.9. The van der Waals surface area contributed by atoms with Crippen LogP contribution in [-0.2, 0) is 56.1 Å². The minimum absolute atomic E-state index is 0.0556. The Morgan fingerprint density at radius 1 is 0.679 bits per heavy atom. The van der Waals surface area contributed by atoms with Gasteiger partial charge in [0.15, 0.2) is 5.96 Å². The van der Waals surface area contributed by atoms with Crippen LogP contribution in [0.4, 0.5) is 0 Å². The van der Waals surface area contributed by atoms with Gasteiger partial charge >= 0.3 is 5.97 Å². The zero-order chi connectivity index (χ0) is 56.0. The van der Waals surface area contributed by atoms with E-state index in [0.29, 0.717) is 50.9 Å². The molecular formula is C54H82N12O12. The van der Waals surface area contributed by atoms with E-state index < -0.39 is 121 Å². The average Bonchev–Trinajstić information content (AvgIpc) is 4.37. The largest absolute Gasteiger partial charge is 0.480 e. The summed E-state index contributed by atoms with van der Waals surface area (Å²) >= 11 is 0. The number of aliphatic carboxylic acids is 1. The summed E-state index contributed by atoms with van der Waals surface area (Å²) in [5.41, 5.74) is 18.9. The maximum atomic E-state index is 14.4. The fraction of sp³-hybridized carbons (Fsp3) is 0.704. The van der Waals surface area contributed by atoms with Crippen molar-refractivity contribution in [3.63, 3.8) is 0 Å². The van der Waals surface area contributed by atoms with Crippen molar-refractivity contribution in [1.82, 2.24) is 41.3 Å². The molecule has 14 N–H and O–H groups in total. The minimum Gasteiger partial charge on any atom is -0.480 e. The van der Waals surface area contributed by atoms with E-state index in [1.54, 1.807) is 18.2 Å². The highest BCUT2D eigenvalue weighted by Gasteiger charge is 2.47. The van der Waals surface area contributed by atoms with Gasteiger partial charge in [-0.25, -0.2) is 4.79 Å². The van der Waals surface area contributed by atoms with Gasteiger partial charge < -0.3 is 73.8 Å². The van der Waals surface area contributed by atoms with Crippen LogP contribution in [0.15, 0.2) is 29.3 Å². The normalized spacial score (nSPS) is 23.8. The topological polar surface area (TPSA) is 375 Å². The molecule has 24 nitrogen and oxygen atoms in total. The molecule has 430 valence electrons. The lowest BCUT2D eigenvalue weighted by Gasteiger charge is -2.38. The Kier molecular flexibility index (Phi) is 21.2. The van der Waals surface area contributed by atoms with Gasteiger partial charge in [0.25, 0.3) is 0 Å². The number of hydrogen-bond acceptors (Lipinski definition) is 13. The molecule has 3 saturated carbocycles. The molecule has 2 saturated heterocycles. The molecule has 3 aliphatic heterocycles. The molecule has 1 aromatic rings. The fourth-order valence-electron chi connectivity index (χ4n) is 12.7. The Morgan fingerprint density at radius 3 is 1.96 bits per heavy atom. The zero-order valence-electron chi connectivity index (χ0n) is 44.7. The number of amides is 8. The van der Waals surface area contributed by atoms with E-state index in [4.69, 9.17) is 17.2 Å². The highest BCUT2D eigenvalue weighted by molar-refractivity contribution is 5.98. The van der Waals surface area contributed by atoms with Gasteiger partial charge in [-0.15, -0.1) is 0 Å². The second-order valence-electron chi connectivity index (χ2n) is 22.3. The van der Waals surface area contributed by atoms with E-state index in [2.05, 4.69) is 31.6 Å². The fourth-order valence-corrected chi connectivity index (χ4v) is 12.7. The lowest BCUT2D eigenvalue weighted by atomic mass is 9.85. The molecule has 0 radical (unpaired) electrons. The molecule has 3 heterocycles. The standard InChI is InChI=1S/C54H82N12O12/c55-37(24-31-12-2-1-3-13-31)46(70)60-38(20-10-22-58-54(56)57)50(74)64-23-11-21-40(64)52(76)66-29-36(68)26-42(66)47(71)59-27-43(69)62-44(32-14-4-5-15-32)49(73)61-39(30-67)51(75)65-28-35-19-9-8-18-34(35)25-41(65)48(72)63-45(53(77)78)33-16-6-7-17-33/h8-9,18-19,31-33,36-42,44-45,67-68H,1-7,10-17,20-30,55H2,(H,59,71)(H,60,70)(H,61,73)(H,62,69)(H,63,72)(H,77,78)(H4,56,57,58)/t36-,37+,38+,39+,40+,41-,42+,44?,45?/m1/s1. The van der Waals surface area contributed by atoms with Crippen molar-refractivity contribution in [2.24, 2.45) is 39.9 Å². The summed E-state index contributed by atoms with van der Waals surface area (Å²) in [5, 5.41) is 44.9. The first-order valence-corrected chi connectivity index (χ1v) is 28.2. The van der Waals surface area contributed by atoms with Crippen LogP contribution >= 0.6 is 0 Å². The number of carbonyl (C=O) groups excluding carboxylic acids is 8. The lowest BCUT2D eigenvalue weighted by molar-refractivity contribution is -0.148. The van der Waals surface area contributed by atoms with Crippen molar-refractivity contribution in [3.05, 3.63) is 35.4 Å². The van der Waals surface area contributed by atoms with Crippen molar-refractivity contribution in [3.8, 4) is 0 Å². The van der Waals surface area contributed by atoms with E-state index >= 15 is 0 Å². The third kappa shape index (κ3) is 15.2.